The molecule has 10 heteroatoms. The van der Waals surface area contributed by atoms with E-state index in [2.05, 4.69) is 4.90 Å². The Hall–Kier alpha value is -3.30. The van der Waals surface area contributed by atoms with Gasteiger partial charge in [-0.1, -0.05) is 60.1 Å². The van der Waals surface area contributed by atoms with Crippen LogP contribution in [0.25, 0.3) is 21.7 Å². The van der Waals surface area contributed by atoms with E-state index in [4.69, 9.17) is 26.2 Å². The molecule has 4 aromatic carbocycles. The molecule has 40 heavy (non-hydrogen) atoms. The maximum Gasteiger partial charge on any atom is 0.226 e. The Morgan fingerprint density at radius 1 is 0.950 bits per heavy atom. The average molecular weight is 601 g/mol. The van der Waals surface area contributed by atoms with Gasteiger partial charge < -0.3 is 14.4 Å². The van der Waals surface area contributed by atoms with E-state index < -0.39 is 9.84 Å². The highest BCUT2D eigenvalue weighted by Gasteiger charge is 2.29. The summed E-state index contributed by atoms with van der Waals surface area (Å²) >= 11 is 6.25. The smallest absolute Gasteiger partial charge is 0.226 e. The lowest BCUT2D eigenvalue weighted by Gasteiger charge is -2.13. The normalized spacial score (nSPS) is 11.6. The first-order valence-corrected chi connectivity index (χ1v) is 14.5. The fraction of sp³-hybridized carbons (Fsp3) is 0.233. The van der Waals surface area contributed by atoms with Crippen LogP contribution in [0.4, 0.5) is 0 Å². The Morgan fingerprint density at radius 2 is 1.70 bits per heavy atom. The van der Waals surface area contributed by atoms with Crippen LogP contribution >= 0.6 is 24.0 Å². The van der Waals surface area contributed by atoms with Crippen molar-refractivity contribution in [2.75, 3.05) is 34.4 Å². The number of halogens is 2. The van der Waals surface area contributed by atoms with Gasteiger partial charge in [-0.05, 0) is 55.7 Å². The fourth-order valence-corrected chi connectivity index (χ4v) is 6.48. The van der Waals surface area contributed by atoms with Crippen molar-refractivity contribution in [2.24, 2.45) is 0 Å². The fourth-order valence-electron chi connectivity index (χ4n) is 4.67. The summed E-state index contributed by atoms with van der Waals surface area (Å²) in [6, 6.07) is 23.6. The topological polar surface area (TPSA) is 73.7 Å². The molecule has 1 aromatic heterocycles. The van der Waals surface area contributed by atoms with Crippen molar-refractivity contribution >= 4 is 55.5 Å². The molecular weight excluding hydrogens is 569 g/mol. The Kier molecular flexibility index (Phi) is 9.26. The predicted octanol–water partition coefficient (Wildman–Crippen LogP) is 6.48. The van der Waals surface area contributed by atoms with Crippen molar-refractivity contribution in [3.63, 3.8) is 0 Å². The Morgan fingerprint density at radius 3 is 2.45 bits per heavy atom. The van der Waals surface area contributed by atoms with E-state index in [1.807, 2.05) is 62.6 Å². The molecule has 5 aromatic rings. The molecular formula is C30H31Cl2N3O4S. The third-order valence-electron chi connectivity index (χ3n) is 6.51. The number of nitrogens with zero attached hydrogens (tertiary/aromatic N) is 3. The van der Waals surface area contributed by atoms with E-state index in [0.29, 0.717) is 46.0 Å². The van der Waals surface area contributed by atoms with Crippen LogP contribution in [0.5, 0.6) is 11.5 Å². The minimum absolute atomic E-state index is 0. The van der Waals surface area contributed by atoms with Crippen molar-refractivity contribution < 1.29 is 17.9 Å². The van der Waals surface area contributed by atoms with Gasteiger partial charge in [0.05, 0.1) is 25.2 Å². The summed E-state index contributed by atoms with van der Waals surface area (Å²) in [6.45, 7) is 1.62. The number of fused-ring (bicyclic) bond motifs is 2. The van der Waals surface area contributed by atoms with Crippen LogP contribution in [0.15, 0.2) is 88.8 Å². The molecule has 0 N–H and O–H groups in total. The summed E-state index contributed by atoms with van der Waals surface area (Å²) in [5, 5.41) is 7.16. The molecule has 0 bridgehead atoms. The first-order chi connectivity index (χ1) is 18.8. The number of ether oxygens (including phenoxy) is 2. The zero-order valence-corrected chi connectivity index (χ0v) is 24.9. The second kappa shape index (κ2) is 12.5. The standard InChI is InChI=1S/C30H30ClN3O4S.ClH/c1-33(2)15-8-16-38-27-19-24(37-3)18-26-29(27)34(20-21-9-6-12-23(31)17-21)32-30(26)39(35,36)28-14-7-11-22-10-4-5-13-25(22)28;/h4-7,9-14,17-19H,8,15-16,20H2,1-3H3;1H. The Balaban J connectivity index is 0.00000370. The number of methoxy groups -OCH3 is 1. The van der Waals surface area contributed by atoms with Crippen LogP contribution in [0, 0.1) is 0 Å². The largest absolute Gasteiger partial charge is 0.497 e. The summed E-state index contributed by atoms with van der Waals surface area (Å²) in [6.07, 6.45) is 0.801. The number of hydrogen-bond donors (Lipinski definition) is 0. The predicted molar refractivity (Wildman–Crippen MR) is 162 cm³/mol. The molecule has 0 spiro atoms. The van der Waals surface area contributed by atoms with E-state index >= 15 is 0 Å². The van der Waals surface area contributed by atoms with Crippen LogP contribution in [0.3, 0.4) is 0 Å². The highest BCUT2D eigenvalue weighted by molar-refractivity contribution is 7.91. The number of aromatic nitrogens is 2. The van der Waals surface area contributed by atoms with Gasteiger partial charge in [-0.25, -0.2) is 8.42 Å². The molecule has 210 valence electrons. The molecule has 0 aliphatic carbocycles. The van der Waals surface area contributed by atoms with E-state index in [1.54, 1.807) is 42.1 Å². The van der Waals surface area contributed by atoms with Crippen molar-refractivity contribution in [1.82, 2.24) is 14.7 Å². The maximum absolute atomic E-state index is 14.2. The molecule has 0 saturated carbocycles. The molecule has 0 amide bonds. The van der Waals surface area contributed by atoms with Crippen molar-refractivity contribution in [3.8, 4) is 11.5 Å². The van der Waals surface area contributed by atoms with Gasteiger partial charge in [-0.15, -0.1) is 12.4 Å². The molecule has 0 radical (unpaired) electrons. The van der Waals surface area contributed by atoms with E-state index in [0.717, 1.165) is 23.9 Å². The van der Waals surface area contributed by atoms with Crippen LogP contribution in [0.1, 0.15) is 12.0 Å². The number of sulfone groups is 1. The maximum atomic E-state index is 14.2. The SMILES string of the molecule is COc1cc(OCCCN(C)C)c2c(c1)c(S(=O)(=O)c1cccc3ccccc13)nn2Cc1cccc(Cl)c1.Cl. The average Bonchev–Trinajstić information content (AvgIpc) is 3.29. The van der Waals surface area contributed by atoms with Gasteiger partial charge in [-0.2, -0.15) is 5.10 Å². The first-order valence-electron chi connectivity index (χ1n) is 12.6. The van der Waals surface area contributed by atoms with Crippen molar-refractivity contribution in [2.45, 2.75) is 22.9 Å². The minimum Gasteiger partial charge on any atom is -0.497 e. The highest BCUT2D eigenvalue weighted by atomic mass is 35.5. The van der Waals surface area contributed by atoms with E-state index in [1.165, 1.54) is 0 Å². The molecule has 0 unspecified atom stereocenters. The molecule has 0 aliphatic rings. The third kappa shape index (κ3) is 6.05. The second-order valence-electron chi connectivity index (χ2n) is 9.60. The lowest BCUT2D eigenvalue weighted by molar-refractivity contribution is 0.282. The monoisotopic (exact) mass is 599 g/mol. The molecule has 0 saturated heterocycles. The van der Waals surface area contributed by atoms with Crippen LogP contribution in [-0.2, 0) is 16.4 Å². The van der Waals surface area contributed by atoms with Crippen LogP contribution < -0.4 is 9.47 Å². The van der Waals surface area contributed by atoms with Gasteiger partial charge in [0.1, 0.15) is 17.0 Å². The summed E-state index contributed by atoms with van der Waals surface area (Å²) in [5.74, 6) is 0.999. The first kappa shape index (κ1) is 29.7. The van der Waals surface area contributed by atoms with Gasteiger partial charge in [0, 0.05) is 28.4 Å². The summed E-state index contributed by atoms with van der Waals surface area (Å²) in [5.41, 5.74) is 1.47. The van der Waals surface area contributed by atoms with Gasteiger partial charge in [0.25, 0.3) is 0 Å². The summed E-state index contributed by atoms with van der Waals surface area (Å²) < 4.78 is 42.0. The number of rotatable bonds is 10. The molecule has 7 nitrogen and oxygen atoms in total. The molecule has 0 atom stereocenters. The van der Waals surface area contributed by atoms with E-state index in [9.17, 15) is 8.42 Å². The highest BCUT2D eigenvalue weighted by Crippen LogP contribution is 2.38. The summed E-state index contributed by atoms with van der Waals surface area (Å²) in [4.78, 5) is 2.29. The zero-order valence-electron chi connectivity index (χ0n) is 22.5. The Bertz CT molecular complexity index is 1750. The van der Waals surface area contributed by atoms with Crippen molar-refractivity contribution in [3.05, 3.63) is 89.4 Å². The lowest BCUT2D eigenvalue weighted by Crippen LogP contribution is -2.15. The lowest BCUT2D eigenvalue weighted by atomic mass is 10.1. The van der Waals surface area contributed by atoms with Crippen LogP contribution in [0.2, 0.25) is 5.02 Å². The number of hydrogen-bond acceptors (Lipinski definition) is 6. The zero-order chi connectivity index (χ0) is 27.6. The summed E-state index contributed by atoms with van der Waals surface area (Å²) in [7, 11) is 1.54. The molecule has 0 aliphatic heterocycles. The molecule has 1 heterocycles. The second-order valence-corrected chi connectivity index (χ2v) is 11.9. The van der Waals surface area contributed by atoms with Gasteiger partial charge >= 0.3 is 0 Å². The molecule has 5 rings (SSSR count). The van der Waals surface area contributed by atoms with Crippen molar-refractivity contribution in [1.29, 1.82) is 0 Å². The quantitative estimate of drug-likeness (QED) is 0.171. The van der Waals surface area contributed by atoms with Crippen LogP contribution in [-0.4, -0.2) is 57.5 Å². The number of benzene rings is 4. The third-order valence-corrected chi connectivity index (χ3v) is 8.49. The molecule has 0 fully saturated rings. The minimum atomic E-state index is -4.03. The van der Waals surface area contributed by atoms with Gasteiger partial charge in [0.15, 0.2) is 5.03 Å². The van der Waals surface area contributed by atoms with E-state index in [-0.39, 0.29) is 22.3 Å². The Labute approximate surface area is 245 Å². The van der Waals surface area contributed by atoms with Gasteiger partial charge in [0.2, 0.25) is 9.84 Å². The van der Waals surface area contributed by atoms with Gasteiger partial charge in [-0.3, -0.25) is 4.68 Å².